The van der Waals surface area contributed by atoms with Gasteiger partial charge in [-0.3, -0.25) is 24.5 Å². The topological polar surface area (TPSA) is 105 Å². The summed E-state index contributed by atoms with van der Waals surface area (Å²) in [6.45, 7) is 1.77. The number of morpholine rings is 1. The van der Waals surface area contributed by atoms with E-state index in [1.807, 2.05) is 11.0 Å². The molecule has 3 heterocycles. The maximum absolute atomic E-state index is 13.2. The Morgan fingerprint density at radius 2 is 1.73 bits per heavy atom. The Bertz CT molecular complexity index is 1420. The quantitative estimate of drug-likeness (QED) is 0.292. The van der Waals surface area contributed by atoms with Gasteiger partial charge in [-0.1, -0.05) is 33.5 Å². The van der Waals surface area contributed by atoms with Crippen LogP contribution in [0.4, 0.5) is 0 Å². The molecule has 1 atom stereocenters. The number of nitrogens with one attached hydrogen (secondary N) is 1. The van der Waals surface area contributed by atoms with Crippen LogP contribution in [0, 0.1) is 0 Å². The van der Waals surface area contributed by atoms with Gasteiger partial charge in [-0.25, -0.2) is 0 Å². The fraction of sp³-hybridized carbons (Fsp3) is 0.360. The van der Waals surface area contributed by atoms with Crippen molar-refractivity contribution < 1.29 is 28.7 Å². The first-order valence-electron chi connectivity index (χ1n) is 13.8. The summed E-state index contributed by atoms with van der Waals surface area (Å²) in [5.41, 5.74) is 7.98. The van der Waals surface area contributed by atoms with Gasteiger partial charge in [0.15, 0.2) is 0 Å². The van der Waals surface area contributed by atoms with Crippen LogP contribution in [0.5, 0.6) is 5.75 Å². The Hall–Kier alpha value is -3.33. The Balaban J connectivity index is 1.41. The predicted molar refractivity (Wildman–Crippen MR) is 167 cm³/mol. The number of nitrogens with zero attached hydrogens (tertiary/aromatic N) is 2. The highest BCUT2D eigenvalue weighted by Gasteiger charge is 2.40. The van der Waals surface area contributed by atoms with Crippen LogP contribution in [0.15, 0.2) is 18.2 Å². The van der Waals surface area contributed by atoms with Gasteiger partial charge in [0.1, 0.15) is 72.1 Å². The third-order valence-electron chi connectivity index (χ3n) is 8.96. The number of amides is 4. The summed E-state index contributed by atoms with van der Waals surface area (Å²) < 4.78 is 11.7. The number of imide groups is 1. The highest BCUT2D eigenvalue weighted by atomic mass is 16.5. The molecule has 15 heteroatoms. The van der Waals surface area contributed by atoms with E-state index in [1.165, 1.54) is 4.90 Å². The van der Waals surface area contributed by atoms with Gasteiger partial charge in [0.2, 0.25) is 17.7 Å². The fourth-order valence-electron chi connectivity index (χ4n) is 6.61. The van der Waals surface area contributed by atoms with E-state index in [0.717, 1.165) is 38.5 Å². The number of ether oxygens (including phenoxy) is 2. The van der Waals surface area contributed by atoms with Gasteiger partial charge in [0, 0.05) is 29.4 Å². The minimum absolute atomic E-state index is 0.00315. The lowest BCUT2D eigenvalue weighted by atomic mass is 9.49. The van der Waals surface area contributed by atoms with E-state index in [2.05, 4.69) is 52.4 Å². The van der Waals surface area contributed by atoms with Crippen LogP contribution < -0.4 is 31.9 Å². The number of rotatable bonds is 6. The van der Waals surface area contributed by atoms with Crippen LogP contribution in [0.25, 0.3) is 0 Å². The van der Waals surface area contributed by atoms with E-state index in [-0.39, 0.29) is 37.3 Å². The summed E-state index contributed by atoms with van der Waals surface area (Å²) in [5.74, 6) is -0.358. The van der Waals surface area contributed by atoms with Crippen LogP contribution in [0.3, 0.4) is 0 Å². The molecule has 0 spiro atoms. The summed E-state index contributed by atoms with van der Waals surface area (Å²) in [7, 11) is 12.6. The summed E-state index contributed by atoms with van der Waals surface area (Å²) >= 11 is 0. The number of fused-ring (bicyclic) bond motifs is 1. The van der Waals surface area contributed by atoms with Gasteiger partial charge in [-0.2, -0.15) is 0 Å². The van der Waals surface area contributed by atoms with Crippen molar-refractivity contribution in [1.29, 1.82) is 0 Å². The molecular weight excluding hydrogens is 503 g/mol. The minimum atomic E-state index is -0.672. The van der Waals surface area contributed by atoms with E-state index in [1.54, 1.807) is 12.1 Å². The highest BCUT2D eigenvalue weighted by Crippen LogP contribution is 2.34. The summed E-state index contributed by atoms with van der Waals surface area (Å²) in [6.07, 6.45) is 0.528. The van der Waals surface area contributed by atoms with E-state index >= 15 is 0 Å². The van der Waals surface area contributed by atoms with Gasteiger partial charge in [0.25, 0.3) is 5.91 Å². The molecule has 40 heavy (non-hydrogen) atoms. The molecule has 1 unspecified atom stereocenters. The molecule has 9 nitrogen and oxygen atoms in total. The van der Waals surface area contributed by atoms with Crippen LogP contribution in [0.2, 0.25) is 0 Å². The largest absolute Gasteiger partial charge is 0.489 e. The molecule has 200 valence electrons. The first-order chi connectivity index (χ1) is 18.9. The maximum Gasteiger partial charge on any atom is 0.255 e. The molecule has 3 aliphatic rings. The summed E-state index contributed by atoms with van der Waals surface area (Å²) in [5, 5.41) is 1.85. The Morgan fingerprint density at radius 3 is 2.38 bits per heavy atom. The molecule has 0 bridgehead atoms. The number of piperidine rings is 1. The molecule has 2 fully saturated rings. The van der Waals surface area contributed by atoms with Crippen LogP contribution in [0.1, 0.15) is 39.9 Å². The van der Waals surface area contributed by atoms with Gasteiger partial charge in [-0.05, 0) is 24.1 Å². The molecule has 2 saturated heterocycles. The Morgan fingerprint density at radius 1 is 1.02 bits per heavy atom. The third kappa shape index (κ3) is 4.68. The molecule has 5 rings (SSSR count). The number of hydrogen-bond acceptors (Lipinski definition) is 6. The lowest BCUT2D eigenvalue weighted by molar-refractivity contribution is -0.145. The van der Waals surface area contributed by atoms with Crippen molar-refractivity contribution in [2.75, 3.05) is 19.8 Å². The van der Waals surface area contributed by atoms with Crippen molar-refractivity contribution in [3.05, 3.63) is 40.5 Å². The van der Waals surface area contributed by atoms with Gasteiger partial charge in [0.05, 0.1) is 13.2 Å². The van der Waals surface area contributed by atoms with Crippen LogP contribution >= 0.6 is 0 Å². The molecule has 2 aromatic rings. The lowest BCUT2D eigenvalue weighted by Gasteiger charge is -2.44. The van der Waals surface area contributed by atoms with E-state index in [0.29, 0.717) is 37.5 Å². The van der Waals surface area contributed by atoms with Gasteiger partial charge in [-0.15, -0.1) is 0 Å². The zero-order chi connectivity index (χ0) is 28.9. The number of benzene rings is 2. The van der Waals surface area contributed by atoms with E-state index in [4.69, 9.17) is 9.47 Å². The molecule has 0 saturated carbocycles. The van der Waals surface area contributed by atoms with E-state index < -0.39 is 17.3 Å². The van der Waals surface area contributed by atoms with Crippen LogP contribution in [-0.2, 0) is 37.6 Å². The smallest absolute Gasteiger partial charge is 0.255 e. The Labute approximate surface area is 239 Å². The van der Waals surface area contributed by atoms with Crippen molar-refractivity contribution >= 4 is 92.6 Å². The predicted octanol–water partition coefficient (Wildman–Crippen LogP) is -7.70. The molecule has 3 aliphatic heterocycles. The molecule has 1 N–H and O–H groups in total. The molecule has 2 aromatic carbocycles. The molecule has 4 amide bonds. The number of hydrogen-bond donors (Lipinski definition) is 1. The average Bonchev–Trinajstić information content (AvgIpc) is 3.24. The van der Waals surface area contributed by atoms with Crippen LogP contribution in [-0.4, -0.2) is 106 Å². The summed E-state index contributed by atoms with van der Waals surface area (Å²) in [4.78, 5) is 53.4. The first-order valence-corrected chi connectivity index (χ1v) is 13.8. The van der Waals surface area contributed by atoms with E-state index in [9.17, 15) is 19.2 Å². The van der Waals surface area contributed by atoms with Gasteiger partial charge < -0.3 is 19.3 Å². The maximum atomic E-state index is 13.2. The first kappa shape index (κ1) is 28.2. The fourth-order valence-corrected chi connectivity index (χ4v) is 6.61. The molecule has 0 radical (unpaired) electrons. The monoisotopic (exact) mass is 535 g/mol. The SMILES string of the molecule is Bc1c(B)c(C(B)(B)N2CCOCC2=O)c(B)c(B)c1COc1cccc2c1CN(C1CCC(=O)NC1=O)C2=O. The normalized spacial score (nSPS) is 19.6. The standard InChI is InChI=1S/C25H31B6N3O6/c26-19-13(20(27)22(29)18(21(19)28)25(30,31)34-6-7-39-10-17(34)36)9-40-15-3-1-2-11-12(15)8-33(24(11)38)14-4-5-16(35)32-23(14)37/h1-3,14H,4-10,26-31H2,(H,32,35,37). The number of carbonyl (C=O) groups excluding carboxylic acids is 4. The molecule has 0 aromatic heterocycles. The second-order valence-corrected chi connectivity index (χ2v) is 11.5. The summed E-state index contributed by atoms with van der Waals surface area (Å²) in [6, 6.07) is 4.73. The van der Waals surface area contributed by atoms with Crippen molar-refractivity contribution in [1.82, 2.24) is 15.1 Å². The zero-order valence-electron chi connectivity index (χ0n) is 24.1. The molecular formula is C25H31B6N3O6. The second kappa shape index (κ2) is 10.6. The van der Waals surface area contributed by atoms with Crippen molar-refractivity contribution in [2.45, 2.75) is 37.4 Å². The highest BCUT2D eigenvalue weighted by molar-refractivity contribution is 6.60. The zero-order valence-corrected chi connectivity index (χ0v) is 24.1. The Kier molecular flexibility index (Phi) is 7.46. The third-order valence-corrected chi connectivity index (χ3v) is 8.96. The minimum Gasteiger partial charge on any atom is -0.489 e. The van der Waals surface area contributed by atoms with Crippen molar-refractivity contribution in [2.24, 2.45) is 0 Å². The average molecular weight is 534 g/mol. The van der Waals surface area contributed by atoms with Gasteiger partial charge >= 0.3 is 0 Å². The van der Waals surface area contributed by atoms with Crippen molar-refractivity contribution in [3.8, 4) is 5.75 Å². The molecule has 0 aliphatic carbocycles. The second-order valence-electron chi connectivity index (χ2n) is 11.5. The number of carbonyl (C=O) groups is 4. The lowest BCUT2D eigenvalue weighted by Crippen LogP contribution is -2.62. The van der Waals surface area contributed by atoms with Crippen molar-refractivity contribution in [3.63, 3.8) is 0 Å².